The van der Waals surface area contributed by atoms with E-state index in [2.05, 4.69) is 5.32 Å². The van der Waals surface area contributed by atoms with Gasteiger partial charge in [-0.3, -0.25) is 14.9 Å². The Bertz CT molecular complexity index is 801. The minimum Gasteiger partial charge on any atom is -0.506 e. The molecule has 25 heavy (non-hydrogen) atoms. The van der Waals surface area contributed by atoms with Crippen molar-refractivity contribution in [3.8, 4) is 5.75 Å². The van der Waals surface area contributed by atoms with E-state index in [1.165, 1.54) is 12.1 Å². The Morgan fingerprint density at radius 1 is 1.12 bits per heavy atom. The molecular formula is C18H19N3O4. The number of hydrogen-bond acceptors (Lipinski definition) is 5. The number of rotatable bonds is 4. The number of nitrogens with one attached hydrogen (secondary N) is 1. The van der Waals surface area contributed by atoms with Crippen molar-refractivity contribution in [3.05, 3.63) is 58.1 Å². The highest BCUT2D eigenvalue weighted by Gasteiger charge is 2.23. The summed E-state index contributed by atoms with van der Waals surface area (Å²) in [6.07, 6.45) is 3.14. The van der Waals surface area contributed by atoms with Gasteiger partial charge in [-0.2, -0.15) is 0 Å². The van der Waals surface area contributed by atoms with Gasteiger partial charge in [0.1, 0.15) is 11.4 Å². The molecule has 1 aliphatic heterocycles. The number of amides is 1. The van der Waals surface area contributed by atoms with Crippen LogP contribution in [0.5, 0.6) is 5.75 Å². The Hall–Kier alpha value is -3.09. The number of nitro groups is 1. The molecule has 1 fully saturated rings. The van der Waals surface area contributed by atoms with Crippen LogP contribution < -0.4 is 10.2 Å². The fraction of sp³-hybridized carbons (Fsp3) is 0.278. The molecule has 2 N–H and O–H groups in total. The van der Waals surface area contributed by atoms with Crippen LogP contribution >= 0.6 is 0 Å². The molecule has 1 aliphatic rings. The Kier molecular flexibility index (Phi) is 4.83. The first-order valence-corrected chi connectivity index (χ1v) is 8.19. The number of carbonyl (C=O) groups excluding carboxylic acids is 1. The molecule has 0 saturated carbocycles. The zero-order valence-corrected chi connectivity index (χ0v) is 13.6. The van der Waals surface area contributed by atoms with Gasteiger partial charge in [-0.1, -0.05) is 12.1 Å². The third kappa shape index (κ3) is 3.71. The number of nitro benzene ring substituents is 1. The number of aromatic hydroxyl groups is 1. The summed E-state index contributed by atoms with van der Waals surface area (Å²) in [6, 6.07) is 10.8. The van der Waals surface area contributed by atoms with Crippen molar-refractivity contribution in [2.45, 2.75) is 19.3 Å². The van der Waals surface area contributed by atoms with Crippen molar-refractivity contribution >= 4 is 23.0 Å². The lowest BCUT2D eigenvalue weighted by Crippen LogP contribution is -2.30. The van der Waals surface area contributed by atoms with Gasteiger partial charge < -0.3 is 15.3 Å². The van der Waals surface area contributed by atoms with Crippen LogP contribution in [0.3, 0.4) is 0 Å². The molecule has 1 saturated heterocycles. The van der Waals surface area contributed by atoms with Gasteiger partial charge >= 0.3 is 0 Å². The number of anilines is 2. The molecule has 130 valence electrons. The average molecular weight is 341 g/mol. The second-order valence-electron chi connectivity index (χ2n) is 5.98. The first kappa shape index (κ1) is 16.8. The van der Waals surface area contributed by atoms with Crippen LogP contribution in [0, 0.1) is 10.1 Å². The standard InChI is InChI=1S/C18H19N3O4/c22-17-7-3-2-6-14(17)19-18(23)13-8-9-15(16(12-13)21(24)25)20-10-4-1-5-11-20/h2-3,6-9,12,22H,1,4-5,10-11H2,(H,19,23). The molecule has 7 heteroatoms. The van der Waals surface area contributed by atoms with Crippen molar-refractivity contribution in [3.63, 3.8) is 0 Å². The third-order valence-electron chi connectivity index (χ3n) is 4.28. The SMILES string of the molecule is O=C(Nc1ccccc1O)c1ccc(N2CCCCC2)c([N+](=O)[O-])c1. The van der Waals surface area contributed by atoms with Crippen LogP contribution in [0.4, 0.5) is 17.1 Å². The summed E-state index contributed by atoms with van der Waals surface area (Å²) in [5, 5.41) is 23.8. The lowest BCUT2D eigenvalue weighted by atomic mass is 10.1. The molecule has 3 rings (SSSR count). The van der Waals surface area contributed by atoms with E-state index in [1.54, 1.807) is 30.3 Å². The van der Waals surface area contributed by atoms with Crippen LogP contribution in [-0.4, -0.2) is 29.0 Å². The van der Waals surface area contributed by atoms with Crippen molar-refractivity contribution in [1.29, 1.82) is 0 Å². The molecule has 0 aliphatic carbocycles. The van der Waals surface area contributed by atoms with E-state index in [0.29, 0.717) is 5.69 Å². The Morgan fingerprint density at radius 2 is 1.84 bits per heavy atom. The summed E-state index contributed by atoms with van der Waals surface area (Å²) in [6.45, 7) is 1.56. The molecular weight excluding hydrogens is 322 g/mol. The number of hydrogen-bond donors (Lipinski definition) is 2. The summed E-state index contributed by atoms with van der Waals surface area (Å²) in [5.74, 6) is -0.565. The lowest BCUT2D eigenvalue weighted by molar-refractivity contribution is -0.384. The number of phenolic OH excluding ortho intramolecular Hbond substituents is 1. The van der Waals surface area contributed by atoms with Crippen LogP contribution in [0.2, 0.25) is 0 Å². The van der Waals surface area contributed by atoms with Crippen LogP contribution in [0.1, 0.15) is 29.6 Å². The molecule has 1 amide bonds. The maximum absolute atomic E-state index is 12.4. The second kappa shape index (κ2) is 7.21. The molecule has 0 radical (unpaired) electrons. The Morgan fingerprint density at radius 3 is 2.52 bits per heavy atom. The minimum atomic E-state index is -0.505. The molecule has 2 aromatic carbocycles. The first-order chi connectivity index (χ1) is 12.1. The number of nitrogens with zero attached hydrogens (tertiary/aromatic N) is 2. The van der Waals surface area contributed by atoms with Gasteiger partial charge in [0, 0.05) is 24.7 Å². The van der Waals surface area contributed by atoms with Gasteiger partial charge in [-0.15, -0.1) is 0 Å². The first-order valence-electron chi connectivity index (χ1n) is 8.19. The highest BCUT2D eigenvalue weighted by Crippen LogP contribution is 2.32. The van der Waals surface area contributed by atoms with Gasteiger partial charge in [-0.05, 0) is 43.5 Å². The molecule has 0 unspecified atom stereocenters. The molecule has 0 atom stereocenters. The van der Waals surface area contributed by atoms with Gasteiger partial charge in [0.2, 0.25) is 0 Å². The Labute approximate surface area is 145 Å². The zero-order valence-electron chi connectivity index (χ0n) is 13.6. The van der Waals surface area contributed by atoms with Crippen LogP contribution in [-0.2, 0) is 0 Å². The number of para-hydroxylation sites is 2. The van der Waals surface area contributed by atoms with Gasteiger partial charge in [0.25, 0.3) is 11.6 Å². The molecule has 0 spiro atoms. The van der Waals surface area contributed by atoms with Crippen LogP contribution in [0.15, 0.2) is 42.5 Å². The van der Waals surface area contributed by atoms with Crippen molar-refractivity contribution in [2.75, 3.05) is 23.3 Å². The summed E-state index contributed by atoms with van der Waals surface area (Å²) in [7, 11) is 0. The van der Waals surface area contributed by atoms with E-state index in [0.717, 1.165) is 32.4 Å². The highest BCUT2D eigenvalue weighted by atomic mass is 16.6. The predicted molar refractivity (Wildman–Crippen MR) is 95.2 cm³/mol. The van der Waals surface area contributed by atoms with E-state index in [1.807, 2.05) is 4.90 Å². The van der Waals surface area contributed by atoms with E-state index >= 15 is 0 Å². The number of benzene rings is 2. The summed E-state index contributed by atoms with van der Waals surface area (Å²) in [5.41, 5.74) is 0.904. The van der Waals surface area contributed by atoms with Crippen molar-refractivity contribution < 1.29 is 14.8 Å². The van der Waals surface area contributed by atoms with Crippen LogP contribution in [0.25, 0.3) is 0 Å². The minimum absolute atomic E-state index is 0.0599. The largest absolute Gasteiger partial charge is 0.506 e. The average Bonchev–Trinajstić information content (AvgIpc) is 2.63. The monoisotopic (exact) mass is 341 g/mol. The lowest BCUT2D eigenvalue weighted by Gasteiger charge is -2.28. The van der Waals surface area contributed by atoms with Gasteiger partial charge in [0.15, 0.2) is 0 Å². The van der Waals surface area contributed by atoms with Gasteiger partial charge in [-0.25, -0.2) is 0 Å². The molecule has 0 aromatic heterocycles. The summed E-state index contributed by atoms with van der Waals surface area (Å²) in [4.78, 5) is 25.4. The number of piperidine rings is 1. The second-order valence-corrected chi connectivity index (χ2v) is 5.98. The van der Waals surface area contributed by atoms with E-state index in [-0.39, 0.29) is 22.7 Å². The summed E-state index contributed by atoms with van der Waals surface area (Å²) >= 11 is 0. The maximum atomic E-state index is 12.4. The normalized spacial score (nSPS) is 14.2. The number of phenols is 1. The zero-order chi connectivity index (χ0) is 17.8. The molecule has 2 aromatic rings. The predicted octanol–water partition coefficient (Wildman–Crippen LogP) is 3.54. The Balaban J connectivity index is 1.87. The fourth-order valence-corrected chi connectivity index (χ4v) is 2.99. The fourth-order valence-electron chi connectivity index (χ4n) is 2.99. The number of carbonyl (C=O) groups is 1. The third-order valence-corrected chi connectivity index (χ3v) is 4.28. The molecule has 1 heterocycles. The van der Waals surface area contributed by atoms with E-state index < -0.39 is 10.8 Å². The smallest absolute Gasteiger partial charge is 0.293 e. The highest BCUT2D eigenvalue weighted by molar-refractivity contribution is 6.05. The van der Waals surface area contributed by atoms with E-state index in [4.69, 9.17) is 0 Å². The van der Waals surface area contributed by atoms with Crippen molar-refractivity contribution in [1.82, 2.24) is 0 Å². The molecule has 0 bridgehead atoms. The molecule has 7 nitrogen and oxygen atoms in total. The van der Waals surface area contributed by atoms with E-state index in [9.17, 15) is 20.0 Å². The summed E-state index contributed by atoms with van der Waals surface area (Å²) < 4.78 is 0. The van der Waals surface area contributed by atoms with Gasteiger partial charge in [0.05, 0.1) is 10.6 Å². The topological polar surface area (TPSA) is 95.7 Å². The van der Waals surface area contributed by atoms with Crippen molar-refractivity contribution in [2.24, 2.45) is 0 Å². The quantitative estimate of drug-likeness (QED) is 0.504. The maximum Gasteiger partial charge on any atom is 0.293 e.